The topological polar surface area (TPSA) is 47.0 Å². The van der Waals surface area contributed by atoms with E-state index >= 15 is 0 Å². The van der Waals surface area contributed by atoms with Crippen LogP contribution in [0.4, 0.5) is 17.2 Å². The van der Waals surface area contributed by atoms with Crippen LogP contribution in [0.25, 0.3) is 0 Å². The molecule has 5 heteroatoms. The predicted octanol–water partition coefficient (Wildman–Crippen LogP) is 10.8. The molecule has 2 aliphatic heterocycles. The van der Waals surface area contributed by atoms with E-state index in [9.17, 15) is 0 Å². The van der Waals surface area contributed by atoms with Crippen LogP contribution in [0.5, 0.6) is 11.5 Å². The van der Waals surface area contributed by atoms with Gasteiger partial charge in [0.15, 0.2) is 0 Å². The van der Waals surface area contributed by atoms with E-state index in [0.717, 1.165) is 45.4 Å². The van der Waals surface area contributed by atoms with E-state index in [1.807, 2.05) is 12.3 Å². The van der Waals surface area contributed by atoms with Crippen LogP contribution in [0.1, 0.15) is 108 Å². The standard InChI is InChI=1S/C41H49N3O2/c1-25-15-30(22-31(16-25)46-32-19-27(18-29(20-32)39(6,7)8)37-43-40(9,10)24-45-37)44-35-14-13-28(38(3,4)5)21-33(35)41(11,12)34-17-26(2)23-42-36(34)44/h13-23H,24H2,1-12H3. The molecular formula is C41H49N3O2. The van der Waals surface area contributed by atoms with E-state index in [2.05, 4.69) is 143 Å². The average molecular weight is 616 g/mol. The minimum absolute atomic E-state index is 0.0384. The van der Waals surface area contributed by atoms with Crippen molar-refractivity contribution in [1.29, 1.82) is 0 Å². The van der Waals surface area contributed by atoms with E-state index in [1.165, 1.54) is 22.3 Å². The van der Waals surface area contributed by atoms with Crippen molar-refractivity contribution in [2.45, 2.75) is 105 Å². The molecule has 1 aromatic heterocycles. The zero-order valence-corrected chi connectivity index (χ0v) is 29.7. The van der Waals surface area contributed by atoms with Crippen LogP contribution < -0.4 is 9.64 Å². The molecule has 46 heavy (non-hydrogen) atoms. The zero-order valence-electron chi connectivity index (χ0n) is 29.7. The number of pyridine rings is 1. The fourth-order valence-corrected chi connectivity index (χ4v) is 6.42. The Kier molecular flexibility index (Phi) is 7.42. The summed E-state index contributed by atoms with van der Waals surface area (Å²) in [6, 6.07) is 22.0. The van der Waals surface area contributed by atoms with Gasteiger partial charge in [-0.05, 0) is 109 Å². The number of benzene rings is 3. The largest absolute Gasteiger partial charge is 0.475 e. The van der Waals surface area contributed by atoms with E-state index in [0.29, 0.717) is 12.5 Å². The number of aryl methyl sites for hydroxylation is 2. The summed E-state index contributed by atoms with van der Waals surface area (Å²) in [5, 5.41) is 0. The minimum atomic E-state index is -0.241. The lowest BCUT2D eigenvalue weighted by atomic mass is 9.72. The lowest BCUT2D eigenvalue weighted by Crippen LogP contribution is -2.32. The van der Waals surface area contributed by atoms with Crippen molar-refractivity contribution in [2.75, 3.05) is 11.5 Å². The quantitative estimate of drug-likeness (QED) is 0.229. The monoisotopic (exact) mass is 615 g/mol. The predicted molar refractivity (Wildman–Crippen MR) is 191 cm³/mol. The SMILES string of the molecule is Cc1cc(Oc2cc(C3=NC(C)(C)CO3)cc(C(C)(C)C)c2)cc(N2c3ccc(C(C)(C)C)cc3C(C)(C)c3cc(C)cnc32)c1. The molecule has 0 atom stereocenters. The molecule has 0 bridgehead atoms. The number of ether oxygens (including phenoxy) is 2. The van der Waals surface area contributed by atoms with Gasteiger partial charge in [0.25, 0.3) is 0 Å². The van der Waals surface area contributed by atoms with Gasteiger partial charge in [0.1, 0.15) is 23.9 Å². The Labute approximate surface area is 275 Å². The Balaban J connectivity index is 1.48. The maximum absolute atomic E-state index is 6.72. The summed E-state index contributed by atoms with van der Waals surface area (Å²) in [4.78, 5) is 12.2. The zero-order chi connectivity index (χ0) is 33.4. The summed E-state index contributed by atoms with van der Waals surface area (Å²) in [5.41, 5.74) is 9.88. The first-order chi connectivity index (χ1) is 21.3. The number of nitrogens with zero attached hydrogens (tertiary/aromatic N) is 3. The lowest BCUT2D eigenvalue weighted by molar-refractivity contribution is 0.279. The van der Waals surface area contributed by atoms with Crippen LogP contribution in [0.2, 0.25) is 0 Å². The fraction of sp³-hybridized carbons (Fsp3) is 0.415. The Morgan fingerprint density at radius 3 is 2.09 bits per heavy atom. The minimum Gasteiger partial charge on any atom is -0.475 e. The Bertz CT molecular complexity index is 1870. The summed E-state index contributed by atoms with van der Waals surface area (Å²) in [6.07, 6.45) is 1.97. The van der Waals surface area contributed by atoms with Gasteiger partial charge in [-0.15, -0.1) is 0 Å². The summed E-state index contributed by atoms with van der Waals surface area (Å²) in [6.45, 7) is 27.1. The van der Waals surface area contributed by atoms with Crippen LogP contribution in [-0.4, -0.2) is 23.0 Å². The summed E-state index contributed by atoms with van der Waals surface area (Å²) in [5.74, 6) is 3.16. The molecule has 0 saturated carbocycles. The highest BCUT2D eigenvalue weighted by Gasteiger charge is 2.39. The van der Waals surface area contributed by atoms with Crippen molar-refractivity contribution in [2.24, 2.45) is 4.99 Å². The molecule has 0 fully saturated rings. The van der Waals surface area contributed by atoms with E-state index < -0.39 is 0 Å². The van der Waals surface area contributed by atoms with Gasteiger partial charge in [0.2, 0.25) is 5.90 Å². The van der Waals surface area contributed by atoms with Crippen molar-refractivity contribution in [3.05, 3.63) is 106 Å². The number of hydrogen-bond donors (Lipinski definition) is 0. The second-order valence-electron chi connectivity index (χ2n) is 16.4. The first kappa shape index (κ1) is 31.8. The highest BCUT2D eigenvalue weighted by molar-refractivity contribution is 5.96. The molecule has 0 saturated heterocycles. The molecule has 0 N–H and O–H groups in total. The summed E-state index contributed by atoms with van der Waals surface area (Å²) < 4.78 is 12.8. The van der Waals surface area contributed by atoms with E-state index in [-0.39, 0.29) is 21.8 Å². The van der Waals surface area contributed by atoms with Crippen molar-refractivity contribution in [3.8, 4) is 11.5 Å². The van der Waals surface area contributed by atoms with Gasteiger partial charge >= 0.3 is 0 Å². The number of aliphatic imine (C=N–C) groups is 1. The van der Waals surface area contributed by atoms with Gasteiger partial charge < -0.3 is 9.47 Å². The van der Waals surface area contributed by atoms with Crippen LogP contribution in [0.15, 0.2) is 71.9 Å². The molecule has 0 unspecified atom stereocenters. The Hall–Kier alpha value is -4.12. The number of anilines is 3. The lowest BCUT2D eigenvalue weighted by Gasteiger charge is -2.42. The Morgan fingerprint density at radius 1 is 0.739 bits per heavy atom. The molecular weight excluding hydrogens is 566 g/mol. The molecule has 3 heterocycles. The average Bonchev–Trinajstić information content (AvgIpc) is 3.31. The van der Waals surface area contributed by atoms with Crippen molar-refractivity contribution in [1.82, 2.24) is 4.98 Å². The molecule has 2 aliphatic rings. The van der Waals surface area contributed by atoms with Gasteiger partial charge in [-0.2, -0.15) is 0 Å². The van der Waals surface area contributed by atoms with E-state index in [1.54, 1.807) is 0 Å². The number of aromatic nitrogens is 1. The highest BCUT2D eigenvalue weighted by Crippen LogP contribution is 2.52. The van der Waals surface area contributed by atoms with Gasteiger partial charge in [0.05, 0.1) is 16.9 Å². The van der Waals surface area contributed by atoms with Crippen molar-refractivity contribution < 1.29 is 9.47 Å². The van der Waals surface area contributed by atoms with Crippen LogP contribution in [-0.2, 0) is 21.0 Å². The van der Waals surface area contributed by atoms with Gasteiger partial charge in [0, 0.05) is 28.8 Å². The number of rotatable bonds is 4. The summed E-state index contributed by atoms with van der Waals surface area (Å²) in [7, 11) is 0. The molecule has 5 nitrogen and oxygen atoms in total. The van der Waals surface area contributed by atoms with Crippen LogP contribution in [0, 0.1) is 13.8 Å². The third-order valence-electron chi connectivity index (χ3n) is 9.18. The third-order valence-corrected chi connectivity index (χ3v) is 9.18. The maximum atomic E-state index is 6.72. The summed E-state index contributed by atoms with van der Waals surface area (Å²) >= 11 is 0. The van der Waals surface area contributed by atoms with Crippen LogP contribution in [0.3, 0.4) is 0 Å². The molecule has 3 aromatic carbocycles. The van der Waals surface area contributed by atoms with Gasteiger partial charge in [-0.1, -0.05) is 67.5 Å². The molecule has 0 aliphatic carbocycles. The highest BCUT2D eigenvalue weighted by atomic mass is 16.5. The maximum Gasteiger partial charge on any atom is 0.216 e. The first-order valence-corrected chi connectivity index (χ1v) is 16.4. The Morgan fingerprint density at radius 2 is 1.43 bits per heavy atom. The van der Waals surface area contributed by atoms with Crippen molar-refractivity contribution in [3.63, 3.8) is 0 Å². The third kappa shape index (κ3) is 5.92. The van der Waals surface area contributed by atoms with Gasteiger partial charge in [-0.25, -0.2) is 9.98 Å². The second kappa shape index (κ2) is 10.7. The number of hydrogen-bond acceptors (Lipinski definition) is 5. The fourth-order valence-electron chi connectivity index (χ4n) is 6.42. The number of fused-ring (bicyclic) bond motifs is 2. The molecule has 4 aromatic rings. The molecule has 0 amide bonds. The van der Waals surface area contributed by atoms with E-state index in [4.69, 9.17) is 19.5 Å². The molecule has 0 radical (unpaired) electrons. The van der Waals surface area contributed by atoms with Crippen molar-refractivity contribution >= 4 is 23.1 Å². The second-order valence-corrected chi connectivity index (χ2v) is 16.4. The molecule has 0 spiro atoms. The molecule has 6 rings (SSSR count). The normalized spacial score (nSPS) is 16.8. The first-order valence-electron chi connectivity index (χ1n) is 16.4. The van der Waals surface area contributed by atoms with Gasteiger partial charge in [-0.3, -0.25) is 4.90 Å². The molecule has 240 valence electrons. The van der Waals surface area contributed by atoms with Crippen LogP contribution >= 0.6 is 0 Å². The smallest absolute Gasteiger partial charge is 0.216 e.